The molecule has 3 N–H and O–H groups in total. The van der Waals surface area contributed by atoms with Crippen molar-refractivity contribution in [2.75, 3.05) is 13.2 Å². The van der Waals surface area contributed by atoms with E-state index in [1.54, 1.807) is 0 Å². The molecule has 1 heterocycles. The lowest BCUT2D eigenvalue weighted by atomic mass is 10.4. The monoisotopic (exact) mass is 195 g/mol. The molecule has 1 saturated heterocycles. The van der Waals surface area contributed by atoms with E-state index in [4.69, 9.17) is 24.4 Å². The molecule has 1 aliphatic heterocycles. The summed E-state index contributed by atoms with van der Waals surface area (Å²) in [7, 11) is -1.78. The van der Waals surface area contributed by atoms with Gasteiger partial charge in [0.15, 0.2) is 5.79 Å². The molecule has 72 valence electrons. The summed E-state index contributed by atoms with van der Waals surface area (Å²) in [6.45, 7) is 4.42. The normalized spacial score (nSPS) is 30.5. The maximum Gasteiger partial charge on any atom is 0.250 e. The smallest absolute Gasteiger partial charge is 0.250 e. The molecule has 0 aliphatic carbocycles. The minimum atomic E-state index is -1.78. The fourth-order valence-electron chi connectivity index (χ4n) is 1.00. The van der Waals surface area contributed by atoms with Gasteiger partial charge in [0.1, 0.15) is 6.10 Å². The molecule has 6 heteroatoms. The van der Waals surface area contributed by atoms with Crippen molar-refractivity contribution in [3.8, 4) is 0 Å². The van der Waals surface area contributed by atoms with E-state index in [2.05, 4.69) is 0 Å². The fourth-order valence-corrected chi connectivity index (χ4v) is 1.32. The van der Waals surface area contributed by atoms with Crippen molar-refractivity contribution in [3.63, 3.8) is 0 Å². The zero-order chi connectivity index (χ0) is 9.19. The van der Waals surface area contributed by atoms with Crippen LogP contribution in [-0.2, 0) is 14.0 Å². The van der Waals surface area contributed by atoms with Gasteiger partial charge < -0.3 is 18.9 Å². The Morgan fingerprint density at radius 1 is 1.75 bits per heavy atom. The van der Waals surface area contributed by atoms with Crippen LogP contribution in [-0.4, -0.2) is 30.0 Å². The Labute approximate surface area is 72.8 Å². The average Bonchev–Trinajstić information content (AvgIpc) is 2.26. The predicted octanol–water partition coefficient (Wildman–Crippen LogP) is 0.332. The van der Waals surface area contributed by atoms with Crippen molar-refractivity contribution >= 4 is 8.53 Å². The highest BCUT2D eigenvalue weighted by atomic mass is 31.2. The van der Waals surface area contributed by atoms with E-state index in [1.807, 2.05) is 13.8 Å². The van der Waals surface area contributed by atoms with Crippen LogP contribution in [0.15, 0.2) is 0 Å². The Morgan fingerprint density at radius 2 is 2.42 bits per heavy atom. The summed E-state index contributed by atoms with van der Waals surface area (Å²) in [6.07, 6.45) is -0.124. The van der Waals surface area contributed by atoms with Gasteiger partial charge >= 0.3 is 0 Å². The zero-order valence-electron chi connectivity index (χ0n) is 7.19. The molecule has 0 aromatic carbocycles. The first-order valence-electron chi connectivity index (χ1n) is 3.68. The lowest BCUT2D eigenvalue weighted by Gasteiger charge is -2.17. The molecule has 1 fully saturated rings. The molecule has 0 bridgehead atoms. The Kier molecular flexibility index (Phi) is 3.40. The highest BCUT2D eigenvalue weighted by molar-refractivity contribution is 7.43. The number of ether oxygens (including phenoxy) is 2. The van der Waals surface area contributed by atoms with Crippen LogP contribution in [0.25, 0.3) is 0 Å². The average molecular weight is 195 g/mol. The molecule has 5 nitrogen and oxygen atoms in total. The standard InChI is InChI=1S/C6H14NO4P/c1-6(2)9-3-5(11-6)4-10-12(7)8/h5,8H,3-4,7H2,1-2H3. The van der Waals surface area contributed by atoms with Crippen molar-refractivity contribution in [1.82, 2.24) is 0 Å². The van der Waals surface area contributed by atoms with Crippen LogP contribution < -0.4 is 5.50 Å². The van der Waals surface area contributed by atoms with Crippen molar-refractivity contribution in [2.24, 2.45) is 5.50 Å². The third-order valence-corrected chi connectivity index (χ3v) is 1.87. The molecule has 0 amide bonds. The largest absolute Gasteiger partial charge is 0.348 e. The zero-order valence-corrected chi connectivity index (χ0v) is 8.08. The van der Waals surface area contributed by atoms with E-state index >= 15 is 0 Å². The van der Waals surface area contributed by atoms with Gasteiger partial charge in [0.2, 0.25) is 8.53 Å². The van der Waals surface area contributed by atoms with Crippen LogP contribution in [0.3, 0.4) is 0 Å². The quantitative estimate of drug-likeness (QED) is 0.635. The lowest BCUT2D eigenvalue weighted by Crippen LogP contribution is -2.23. The second-order valence-electron chi connectivity index (χ2n) is 3.05. The van der Waals surface area contributed by atoms with Crippen LogP contribution in [0.1, 0.15) is 13.8 Å². The summed E-state index contributed by atoms with van der Waals surface area (Å²) in [6, 6.07) is 0. The van der Waals surface area contributed by atoms with Crippen molar-refractivity contribution in [1.29, 1.82) is 0 Å². The van der Waals surface area contributed by atoms with Gasteiger partial charge in [-0.25, -0.2) is 0 Å². The highest BCUT2D eigenvalue weighted by Crippen LogP contribution is 2.26. The van der Waals surface area contributed by atoms with Crippen molar-refractivity contribution < 1.29 is 18.9 Å². The van der Waals surface area contributed by atoms with E-state index < -0.39 is 14.3 Å². The third-order valence-electron chi connectivity index (χ3n) is 1.46. The molecular weight excluding hydrogens is 181 g/mol. The predicted molar refractivity (Wildman–Crippen MR) is 44.2 cm³/mol. The molecule has 0 aromatic rings. The second kappa shape index (κ2) is 3.96. The molecule has 0 saturated carbocycles. The first-order valence-corrected chi connectivity index (χ1v) is 4.96. The molecule has 12 heavy (non-hydrogen) atoms. The van der Waals surface area contributed by atoms with Gasteiger partial charge in [0, 0.05) is 0 Å². The fraction of sp³-hybridized carbons (Fsp3) is 1.00. The van der Waals surface area contributed by atoms with Crippen LogP contribution in [0.5, 0.6) is 0 Å². The van der Waals surface area contributed by atoms with Gasteiger partial charge in [-0.3, -0.25) is 5.50 Å². The van der Waals surface area contributed by atoms with E-state index in [0.717, 1.165) is 0 Å². The Balaban J connectivity index is 2.20. The summed E-state index contributed by atoms with van der Waals surface area (Å²) in [5.74, 6) is -0.541. The van der Waals surface area contributed by atoms with Gasteiger partial charge in [-0.2, -0.15) is 0 Å². The number of rotatable bonds is 3. The van der Waals surface area contributed by atoms with Gasteiger partial charge in [-0.05, 0) is 13.8 Å². The number of hydrogen-bond donors (Lipinski definition) is 2. The summed E-state index contributed by atoms with van der Waals surface area (Å²) in [4.78, 5) is 8.67. The van der Waals surface area contributed by atoms with Crippen LogP contribution in [0.2, 0.25) is 0 Å². The van der Waals surface area contributed by atoms with Crippen molar-refractivity contribution in [2.45, 2.75) is 25.7 Å². The van der Waals surface area contributed by atoms with E-state index in [-0.39, 0.29) is 12.7 Å². The van der Waals surface area contributed by atoms with E-state index in [1.165, 1.54) is 0 Å². The van der Waals surface area contributed by atoms with Crippen LogP contribution in [0.4, 0.5) is 0 Å². The van der Waals surface area contributed by atoms with Crippen LogP contribution in [0, 0.1) is 0 Å². The van der Waals surface area contributed by atoms with Gasteiger partial charge in [0.25, 0.3) is 0 Å². The molecule has 1 aliphatic rings. The van der Waals surface area contributed by atoms with Crippen LogP contribution >= 0.6 is 8.53 Å². The summed E-state index contributed by atoms with van der Waals surface area (Å²) >= 11 is 0. The SMILES string of the molecule is CC1(C)OCC(COP(N)O)O1. The molecular formula is C6H14NO4P. The van der Waals surface area contributed by atoms with Gasteiger partial charge in [0.05, 0.1) is 13.2 Å². The topological polar surface area (TPSA) is 73.9 Å². The molecule has 2 atom stereocenters. The van der Waals surface area contributed by atoms with E-state index in [9.17, 15) is 0 Å². The maximum atomic E-state index is 8.67. The molecule has 0 radical (unpaired) electrons. The Bertz CT molecular complexity index is 152. The summed E-state index contributed by atoms with van der Waals surface area (Å²) in [5, 5.41) is 0. The third kappa shape index (κ3) is 3.31. The van der Waals surface area contributed by atoms with Crippen molar-refractivity contribution in [3.05, 3.63) is 0 Å². The first-order chi connectivity index (χ1) is 5.49. The van der Waals surface area contributed by atoms with Gasteiger partial charge in [-0.15, -0.1) is 0 Å². The molecule has 1 rings (SSSR count). The lowest BCUT2D eigenvalue weighted by molar-refractivity contribution is -0.141. The number of nitrogens with two attached hydrogens (primary N) is 1. The Morgan fingerprint density at radius 3 is 2.83 bits per heavy atom. The molecule has 2 unspecified atom stereocenters. The van der Waals surface area contributed by atoms with E-state index in [0.29, 0.717) is 6.61 Å². The summed E-state index contributed by atoms with van der Waals surface area (Å²) < 4.78 is 15.5. The number of hydrogen-bond acceptors (Lipinski definition) is 5. The molecule has 0 aromatic heterocycles. The summed E-state index contributed by atoms with van der Waals surface area (Å²) in [5.41, 5.74) is 5.04. The van der Waals surface area contributed by atoms with Gasteiger partial charge in [-0.1, -0.05) is 0 Å². The second-order valence-corrected chi connectivity index (χ2v) is 3.91. The highest BCUT2D eigenvalue weighted by Gasteiger charge is 2.32. The minimum absolute atomic E-state index is 0.124. The maximum absolute atomic E-state index is 8.67. The Hall–Kier alpha value is 0.230. The first kappa shape index (κ1) is 10.3. The molecule has 0 spiro atoms. The minimum Gasteiger partial charge on any atom is -0.348 e.